The van der Waals surface area contributed by atoms with Crippen molar-refractivity contribution in [3.05, 3.63) is 47.1 Å². The lowest BCUT2D eigenvalue weighted by Gasteiger charge is -2.33. The quantitative estimate of drug-likeness (QED) is 0.218. The van der Waals surface area contributed by atoms with Gasteiger partial charge in [0, 0.05) is 50.4 Å². The van der Waals surface area contributed by atoms with Gasteiger partial charge >= 0.3 is 10.2 Å². The van der Waals surface area contributed by atoms with Gasteiger partial charge in [0.25, 0.3) is 0 Å². The summed E-state index contributed by atoms with van der Waals surface area (Å²) >= 11 is 6.21. The van der Waals surface area contributed by atoms with Gasteiger partial charge in [-0.1, -0.05) is 17.5 Å². The van der Waals surface area contributed by atoms with Crippen LogP contribution in [0.25, 0.3) is 10.9 Å². The van der Waals surface area contributed by atoms with Gasteiger partial charge in [-0.2, -0.15) is 13.7 Å². The third-order valence-corrected chi connectivity index (χ3v) is 7.54. The van der Waals surface area contributed by atoms with E-state index < -0.39 is 15.1 Å². The minimum Gasteiger partial charge on any atom is -0.493 e. The number of aromatic nitrogens is 1. The number of piperazine rings is 1. The monoisotopic (exact) mass is 571 g/mol. The first-order valence-corrected chi connectivity index (χ1v) is 13.9. The van der Waals surface area contributed by atoms with E-state index in [4.69, 9.17) is 27.5 Å². The van der Waals surface area contributed by atoms with Crippen molar-refractivity contribution in [2.75, 3.05) is 58.3 Å². The predicted molar refractivity (Wildman–Crippen MR) is 148 cm³/mol. The highest BCUT2D eigenvalue weighted by atomic mass is 35.5. The molecule has 9 nitrogen and oxygen atoms in total. The lowest BCUT2D eigenvalue weighted by Crippen LogP contribution is -2.46. The Labute approximate surface area is 232 Å². The molecule has 1 aliphatic rings. The summed E-state index contributed by atoms with van der Waals surface area (Å²) in [6, 6.07) is 8.94. The lowest BCUT2D eigenvalue weighted by atomic mass is 10.1. The van der Waals surface area contributed by atoms with Crippen LogP contribution in [-0.4, -0.2) is 76.2 Å². The van der Waals surface area contributed by atoms with Gasteiger partial charge in [0.05, 0.1) is 47.7 Å². The van der Waals surface area contributed by atoms with Crippen molar-refractivity contribution in [3.8, 4) is 29.9 Å². The third kappa shape index (κ3) is 6.88. The van der Waals surface area contributed by atoms with Crippen molar-refractivity contribution in [2.24, 2.45) is 0 Å². The van der Waals surface area contributed by atoms with E-state index in [0.29, 0.717) is 41.2 Å². The topological polar surface area (TPSA) is 108 Å². The molecule has 12 heteroatoms. The number of ether oxygens (including phenoxy) is 2. The first-order chi connectivity index (χ1) is 18.7. The van der Waals surface area contributed by atoms with E-state index in [0.717, 1.165) is 51.3 Å². The van der Waals surface area contributed by atoms with E-state index in [9.17, 15) is 17.6 Å². The number of anilines is 2. The Morgan fingerprint density at radius 1 is 1.18 bits per heavy atom. The van der Waals surface area contributed by atoms with E-state index in [-0.39, 0.29) is 16.3 Å². The molecule has 0 atom stereocenters. The summed E-state index contributed by atoms with van der Waals surface area (Å²) in [5, 5.41) is 13.3. The molecule has 0 spiro atoms. The van der Waals surface area contributed by atoms with E-state index in [1.165, 1.54) is 19.4 Å². The molecule has 0 radical (unpaired) electrons. The molecule has 0 amide bonds. The first-order valence-electron chi connectivity index (χ1n) is 12.2. The Kier molecular flexibility index (Phi) is 9.10. The molecular formula is C27H27ClFN5O4S. The fourth-order valence-corrected chi connectivity index (χ4v) is 5.13. The van der Waals surface area contributed by atoms with Crippen LogP contribution in [0.5, 0.6) is 11.5 Å². The van der Waals surface area contributed by atoms with E-state index in [2.05, 4.69) is 32.1 Å². The van der Waals surface area contributed by atoms with Gasteiger partial charge in [-0.25, -0.2) is 0 Å². The summed E-state index contributed by atoms with van der Waals surface area (Å²) in [6.07, 6.45) is 7.64. The number of rotatable bonds is 10. The lowest BCUT2D eigenvalue weighted by molar-refractivity contribution is 0.136. The zero-order chi connectivity index (χ0) is 28.0. The van der Waals surface area contributed by atoms with E-state index in [1.807, 2.05) is 0 Å². The average molecular weight is 572 g/mol. The molecule has 0 unspecified atom stereocenters. The minimum atomic E-state index is -4.91. The van der Waals surface area contributed by atoms with E-state index in [1.54, 1.807) is 12.1 Å². The van der Waals surface area contributed by atoms with Gasteiger partial charge in [-0.3, -0.25) is 9.88 Å². The molecule has 1 saturated heterocycles. The summed E-state index contributed by atoms with van der Waals surface area (Å²) in [6.45, 7) is 5.93. The standard InChI is InChI=1S/C27H27ClFN5O4S/c1-3-7-33-9-11-34(12-10-33)8-4-13-38-26-16-24-21(15-25(26)37-2)27(19(17-30)18-31-24)32-23-6-5-20(14-22(23)28)39(29,35)36/h1,5-6,14-16,18H,4,7-13H2,2H3,(H,31,32). The Balaban J connectivity index is 1.51. The summed E-state index contributed by atoms with van der Waals surface area (Å²) in [4.78, 5) is 8.48. The number of pyridine rings is 1. The summed E-state index contributed by atoms with van der Waals surface area (Å²) in [7, 11) is -3.39. The smallest absolute Gasteiger partial charge is 0.332 e. The molecule has 2 heterocycles. The number of benzene rings is 2. The molecule has 0 bridgehead atoms. The number of methoxy groups -OCH3 is 1. The van der Waals surface area contributed by atoms with Crippen molar-refractivity contribution in [1.82, 2.24) is 14.8 Å². The van der Waals surface area contributed by atoms with Crippen LogP contribution in [0.3, 0.4) is 0 Å². The Morgan fingerprint density at radius 3 is 2.56 bits per heavy atom. The molecule has 39 heavy (non-hydrogen) atoms. The van der Waals surface area contributed by atoms with Crippen molar-refractivity contribution in [3.63, 3.8) is 0 Å². The molecule has 4 rings (SSSR count). The number of halogens is 2. The van der Waals surface area contributed by atoms with Crippen LogP contribution >= 0.6 is 11.6 Å². The fourth-order valence-electron chi connectivity index (χ4n) is 4.35. The highest BCUT2D eigenvalue weighted by Crippen LogP contribution is 2.38. The fraction of sp³-hybridized carbons (Fsp3) is 0.333. The molecule has 1 aliphatic heterocycles. The largest absolute Gasteiger partial charge is 0.493 e. The molecule has 0 aliphatic carbocycles. The molecule has 1 N–H and O–H groups in total. The zero-order valence-electron chi connectivity index (χ0n) is 21.3. The van der Waals surface area contributed by atoms with Crippen LogP contribution in [0.4, 0.5) is 15.3 Å². The minimum absolute atomic E-state index is 0.0352. The Morgan fingerprint density at radius 2 is 1.92 bits per heavy atom. The van der Waals surface area contributed by atoms with Crippen LogP contribution < -0.4 is 14.8 Å². The van der Waals surface area contributed by atoms with Gasteiger partial charge in [0.15, 0.2) is 11.5 Å². The van der Waals surface area contributed by atoms with Crippen LogP contribution in [0, 0.1) is 23.7 Å². The number of hydrogen-bond acceptors (Lipinski definition) is 9. The number of nitrogens with zero attached hydrogens (tertiary/aromatic N) is 4. The second-order valence-electron chi connectivity index (χ2n) is 8.91. The SMILES string of the molecule is C#CCN1CCN(CCCOc2cc3ncc(C#N)c(Nc4ccc(S(=O)(=O)F)cc4Cl)c3cc2OC)CC1. The van der Waals surface area contributed by atoms with E-state index >= 15 is 0 Å². The van der Waals surface area contributed by atoms with Crippen LogP contribution in [0.1, 0.15) is 12.0 Å². The predicted octanol–water partition coefficient (Wildman–Crippen LogP) is 4.19. The molecule has 204 valence electrons. The first kappa shape index (κ1) is 28.4. The molecule has 2 aromatic carbocycles. The molecule has 3 aromatic rings. The summed E-state index contributed by atoms with van der Waals surface area (Å²) in [5.74, 6) is 3.66. The summed E-state index contributed by atoms with van der Waals surface area (Å²) in [5.41, 5.74) is 1.43. The molecule has 1 aromatic heterocycles. The third-order valence-electron chi connectivity index (χ3n) is 6.41. The van der Waals surface area contributed by atoms with Gasteiger partial charge in [-0.15, -0.1) is 10.3 Å². The van der Waals surface area contributed by atoms with Crippen LogP contribution in [-0.2, 0) is 10.2 Å². The highest BCUT2D eigenvalue weighted by Gasteiger charge is 2.19. The number of hydrogen-bond donors (Lipinski definition) is 1. The molecular weight excluding hydrogens is 545 g/mol. The van der Waals surface area contributed by atoms with Crippen molar-refractivity contribution < 1.29 is 21.8 Å². The van der Waals surface area contributed by atoms with Gasteiger partial charge < -0.3 is 19.7 Å². The van der Waals surface area contributed by atoms with Gasteiger partial charge in [0.2, 0.25) is 0 Å². The maximum Gasteiger partial charge on any atom is 0.332 e. The Bertz CT molecular complexity index is 1550. The maximum atomic E-state index is 13.4. The zero-order valence-corrected chi connectivity index (χ0v) is 22.9. The number of nitrogens with one attached hydrogen (secondary N) is 1. The second-order valence-corrected chi connectivity index (χ2v) is 10.7. The van der Waals surface area contributed by atoms with Crippen LogP contribution in [0.2, 0.25) is 5.02 Å². The molecule has 0 saturated carbocycles. The van der Waals surface area contributed by atoms with Gasteiger partial charge in [-0.05, 0) is 30.7 Å². The highest BCUT2D eigenvalue weighted by molar-refractivity contribution is 7.86. The number of nitriles is 1. The van der Waals surface area contributed by atoms with Crippen molar-refractivity contribution >= 4 is 44.1 Å². The second kappa shape index (κ2) is 12.5. The van der Waals surface area contributed by atoms with Crippen molar-refractivity contribution in [1.29, 1.82) is 5.26 Å². The van der Waals surface area contributed by atoms with Crippen LogP contribution in [0.15, 0.2) is 41.4 Å². The normalized spacial score (nSPS) is 14.5. The Hall–Kier alpha value is -3.61. The number of fused-ring (bicyclic) bond motifs is 1. The van der Waals surface area contributed by atoms with Crippen molar-refractivity contribution in [2.45, 2.75) is 11.3 Å². The average Bonchev–Trinajstić information content (AvgIpc) is 2.92. The number of terminal acetylenes is 1. The maximum absolute atomic E-state index is 13.4. The van der Waals surface area contributed by atoms with Gasteiger partial charge in [0.1, 0.15) is 11.0 Å². The molecule has 1 fully saturated rings. The summed E-state index contributed by atoms with van der Waals surface area (Å²) < 4.78 is 47.4.